The first-order chi connectivity index (χ1) is 13.2. The van der Waals surface area contributed by atoms with E-state index in [-0.39, 0.29) is 24.1 Å². The Morgan fingerprint density at radius 2 is 2.07 bits per heavy atom. The van der Waals surface area contributed by atoms with E-state index >= 15 is 0 Å². The molecule has 2 amide bonds. The molecule has 0 saturated carbocycles. The van der Waals surface area contributed by atoms with Gasteiger partial charge in [0.2, 0.25) is 11.8 Å². The molecule has 2 aromatic heterocycles. The van der Waals surface area contributed by atoms with Gasteiger partial charge in [0.15, 0.2) is 0 Å². The Bertz CT molecular complexity index is 1010. The molecule has 8 heteroatoms. The molecule has 136 valence electrons. The Balaban J connectivity index is 1.37. The molecule has 4 heterocycles. The zero-order chi connectivity index (χ0) is 18.4. The largest absolute Gasteiger partial charge is 0.329 e. The average Bonchev–Trinajstić information content (AvgIpc) is 3.27. The molecule has 0 unspecified atom stereocenters. The number of carbonyl (C=O) groups is 1. The van der Waals surface area contributed by atoms with Crippen LogP contribution in [0.1, 0.15) is 30.0 Å². The van der Waals surface area contributed by atoms with Crippen molar-refractivity contribution in [2.45, 2.75) is 31.3 Å². The molecule has 1 saturated heterocycles. The molecule has 1 N–H and O–H groups in total. The van der Waals surface area contributed by atoms with Crippen molar-refractivity contribution in [1.82, 2.24) is 20.0 Å². The number of hydrogen-bond acceptors (Lipinski definition) is 5. The second-order valence-corrected chi connectivity index (χ2v) is 6.75. The van der Waals surface area contributed by atoms with Crippen LogP contribution >= 0.6 is 0 Å². The summed E-state index contributed by atoms with van der Waals surface area (Å²) in [5.41, 5.74) is 2.26. The Kier molecular flexibility index (Phi) is 3.63. The number of nitrogens with zero attached hydrogens (tertiary/aromatic N) is 4. The molecule has 3 aromatic rings. The number of nitrogens with one attached hydrogen (secondary N) is 1. The summed E-state index contributed by atoms with van der Waals surface area (Å²) in [4.78, 5) is 22.6. The summed E-state index contributed by atoms with van der Waals surface area (Å²) in [6, 6.07) is 10.7. The highest BCUT2D eigenvalue weighted by atomic mass is 19.1. The molecule has 5 rings (SSSR count). The van der Waals surface area contributed by atoms with Gasteiger partial charge < -0.3 is 9.42 Å². The van der Waals surface area contributed by atoms with Gasteiger partial charge in [0, 0.05) is 23.4 Å². The average molecular weight is 365 g/mol. The van der Waals surface area contributed by atoms with Crippen LogP contribution in [0.3, 0.4) is 0 Å². The van der Waals surface area contributed by atoms with Gasteiger partial charge in [0.25, 0.3) is 0 Å². The highest BCUT2D eigenvalue weighted by Crippen LogP contribution is 2.44. The Hall–Kier alpha value is -3.29. The molecule has 2 aliphatic rings. The lowest BCUT2D eigenvalue weighted by Gasteiger charge is -2.35. The summed E-state index contributed by atoms with van der Waals surface area (Å²) in [5, 5.41) is 6.59. The Morgan fingerprint density at radius 1 is 1.22 bits per heavy atom. The maximum Gasteiger partial charge on any atom is 0.329 e. The first kappa shape index (κ1) is 15.9. The number of pyridine rings is 1. The van der Waals surface area contributed by atoms with Crippen molar-refractivity contribution >= 4 is 12.0 Å². The second kappa shape index (κ2) is 6.15. The summed E-state index contributed by atoms with van der Waals surface area (Å²) in [5.74, 6) is -0.0279. The topological polar surface area (TPSA) is 84.2 Å². The van der Waals surface area contributed by atoms with Gasteiger partial charge in [-0.15, -0.1) is 0 Å². The highest BCUT2D eigenvalue weighted by molar-refractivity contribution is 5.88. The molecule has 2 aliphatic heterocycles. The lowest BCUT2D eigenvalue weighted by Crippen LogP contribution is -2.44. The van der Waals surface area contributed by atoms with Crippen molar-refractivity contribution in [3.63, 3.8) is 0 Å². The molecule has 27 heavy (non-hydrogen) atoms. The van der Waals surface area contributed by atoms with Crippen molar-refractivity contribution in [2.75, 3.05) is 5.32 Å². The van der Waals surface area contributed by atoms with Gasteiger partial charge in [-0.3, -0.25) is 5.32 Å². The van der Waals surface area contributed by atoms with E-state index in [9.17, 15) is 9.18 Å². The molecular weight excluding hydrogens is 349 g/mol. The van der Waals surface area contributed by atoms with E-state index in [2.05, 4.69) is 20.4 Å². The number of benzene rings is 1. The van der Waals surface area contributed by atoms with Crippen molar-refractivity contribution in [3.05, 3.63) is 59.7 Å². The minimum absolute atomic E-state index is 0.0463. The van der Waals surface area contributed by atoms with Gasteiger partial charge in [-0.25, -0.2) is 9.78 Å². The number of hydrogen-bond donors (Lipinski definition) is 1. The lowest BCUT2D eigenvalue weighted by molar-refractivity contribution is 0.177. The van der Waals surface area contributed by atoms with Gasteiger partial charge >= 0.3 is 12.0 Å². The number of carbonyl (C=O) groups excluding carboxylic acids is 1. The normalized spacial score (nSPS) is 20.4. The quantitative estimate of drug-likeness (QED) is 0.702. The molecule has 0 spiro atoms. The standard InChI is InChI=1S/C19H16FN5O2/c20-16-14-10-12-6-7-15(13(14)8-9-21-16)25(12)19(26)23-18-22-17(24-27-18)11-4-2-1-3-5-11/h1-5,8-9,12,15H,6-7,10H2,(H,22,23,24,26)/t12-,15+/m0/s1. The minimum Gasteiger partial charge on any atom is -0.315 e. The number of halogens is 1. The predicted molar refractivity (Wildman–Crippen MR) is 94.3 cm³/mol. The molecule has 0 radical (unpaired) electrons. The summed E-state index contributed by atoms with van der Waals surface area (Å²) < 4.78 is 19.2. The summed E-state index contributed by atoms with van der Waals surface area (Å²) in [6.45, 7) is 0. The van der Waals surface area contributed by atoms with Crippen LogP contribution in [-0.2, 0) is 6.42 Å². The van der Waals surface area contributed by atoms with Crippen LogP contribution in [0.4, 0.5) is 15.2 Å². The van der Waals surface area contributed by atoms with E-state index in [0.717, 1.165) is 24.0 Å². The van der Waals surface area contributed by atoms with E-state index in [1.54, 1.807) is 11.0 Å². The van der Waals surface area contributed by atoms with E-state index in [0.29, 0.717) is 17.8 Å². The maximum absolute atomic E-state index is 14.0. The van der Waals surface area contributed by atoms with Crippen LogP contribution in [0.5, 0.6) is 0 Å². The van der Waals surface area contributed by atoms with Gasteiger partial charge in [-0.1, -0.05) is 35.5 Å². The van der Waals surface area contributed by atoms with Gasteiger partial charge in [-0.05, 0) is 30.9 Å². The van der Waals surface area contributed by atoms with Gasteiger partial charge in [-0.2, -0.15) is 9.37 Å². The third-order valence-corrected chi connectivity index (χ3v) is 5.25. The van der Waals surface area contributed by atoms with E-state index in [1.807, 2.05) is 30.3 Å². The third-order valence-electron chi connectivity index (χ3n) is 5.25. The molecule has 1 fully saturated rings. The minimum atomic E-state index is -0.436. The van der Waals surface area contributed by atoms with Crippen LogP contribution < -0.4 is 5.32 Å². The number of urea groups is 1. The van der Waals surface area contributed by atoms with Crippen LogP contribution in [0.15, 0.2) is 47.1 Å². The van der Waals surface area contributed by atoms with Gasteiger partial charge in [0.05, 0.1) is 6.04 Å². The fourth-order valence-electron chi connectivity index (χ4n) is 4.06. The first-order valence-electron chi connectivity index (χ1n) is 8.82. The zero-order valence-electron chi connectivity index (χ0n) is 14.3. The van der Waals surface area contributed by atoms with Crippen molar-refractivity contribution in [2.24, 2.45) is 0 Å². The molecule has 0 aliphatic carbocycles. The second-order valence-electron chi connectivity index (χ2n) is 6.75. The SMILES string of the molecule is O=C(Nc1nc(-c2ccccc2)no1)N1[C@H]2CC[C@@H]1c1ccnc(F)c1C2. The number of amides is 2. The first-order valence-corrected chi connectivity index (χ1v) is 8.82. The predicted octanol–water partition coefficient (Wildman–Crippen LogP) is 3.56. The van der Waals surface area contributed by atoms with E-state index in [1.165, 1.54) is 6.20 Å². The molecule has 2 atom stereocenters. The van der Waals surface area contributed by atoms with Crippen molar-refractivity contribution in [1.29, 1.82) is 0 Å². The third kappa shape index (κ3) is 2.64. The van der Waals surface area contributed by atoms with Crippen LogP contribution in [0.25, 0.3) is 11.4 Å². The van der Waals surface area contributed by atoms with Crippen molar-refractivity contribution < 1.29 is 13.7 Å². The zero-order valence-corrected chi connectivity index (χ0v) is 14.3. The number of aromatic nitrogens is 3. The molecular formula is C19H16FN5O2. The maximum atomic E-state index is 14.0. The number of fused-ring (bicyclic) bond motifs is 4. The fourth-order valence-corrected chi connectivity index (χ4v) is 4.06. The van der Waals surface area contributed by atoms with Crippen LogP contribution in [-0.4, -0.2) is 32.1 Å². The smallest absolute Gasteiger partial charge is 0.315 e. The summed E-state index contributed by atoms with van der Waals surface area (Å²) >= 11 is 0. The number of anilines is 1. The molecule has 1 aromatic carbocycles. The molecule has 2 bridgehead atoms. The van der Waals surface area contributed by atoms with Crippen molar-refractivity contribution in [3.8, 4) is 11.4 Å². The fraction of sp³-hybridized carbons (Fsp3) is 0.263. The summed E-state index contributed by atoms with van der Waals surface area (Å²) in [6.07, 6.45) is 3.55. The van der Waals surface area contributed by atoms with Crippen LogP contribution in [0.2, 0.25) is 0 Å². The van der Waals surface area contributed by atoms with E-state index < -0.39 is 5.95 Å². The lowest BCUT2D eigenvalue weighted by atomic mass is 9.95. The highest BCUT2D eigenvalue weighted by Gasteiger charge is 2.44. The Morgan fingerprint density at radius 3 is 2.93 bits per heavy atom. The van der Waals surface area contributed by atoms with E-state index in [4.69, 9.17) is 4.52 Å². The monoisotopic (exact) mass is 365 g/mol. The van der Waals surface area contributed by atoms with Crippen LogP contribution in [0, 0.1) is 5.95 Å². The van der Waals surface area contributed by atoms with Gasteiger partial charge in [0.1, 0.15) is 0 Å². The number of rotatable bonds is 2. The Labute approximate surface area is 154 Å². The summed E-state index contributed by atoms with van der Waals surface area (Å²) in [7, 11) is 0. The molecule has 7 nitrogen and oxygen atoms in total.